The zero-order valence-electron chi connectivity index (χ0n) is 20.1. The maximum absolute atomic E-state index is 12.8. The van der Waals surface area contributed by atoms with E-state index in [1.165, 1.54) is 29.1 Å². The highest BCUT2D eigenvalue weighted by molar-refractivity contribution is 5.84. The Bertz CT molecular complexity index is 1380. The zero-order valence-corrected chi connectivity index (χ0v) is 20.1. The fourth-order valence-corrected chi connectivity index (χ4v) is 4.10. The third-order valence-corrected chi connectivity index (χ3v) is 5.87. The fraction of sp³-hybridized carbons (Fsp3) is 0.455. The van der Waals surface area contributed by atoms with Crippen LogP contribution in [-0.2, 0) is 9.47 Å². The maximum Gasteiger partial charge on any atom is 0.414 e. The van der Waals surface area contributed by atoms with Crippen LogP contribution in [0, 0.1) is 15.5 Å². The summed E-state index contributed by atoms with van der Waals surface area (Å²) in [5.41, 5.74) is -1.71. The van der Waals surface area contributed by atoms with Gasteiger partial charge in [-0.15, -0.1) is 0 Å². The summed E-state index contributed by atoms with van der Waals surface area (Å²) in [6.45, 7) is 4.68. The number of aliphatic hydroxyl groups is 3. The van der Waals surface area contributed by atoms with E-state index in [2.05, 4.69) is 20.3 Å². The molecular weight excluding hydrogens is 492 g/mol. The van der Waals surface area contributed by atoms with Gasteiger partial charge in [0.15, 0.2) is 17.4 Å². The van der Waals surface area contributed by atoms with Crippen molar-refractivity contribution in [3.63, 3.8) is 0 Å². The molecule has 1 aliphatic heterocycles. The van der Waals surface area contributed by atoms with Gasteiger partial charge in [-0.05, 0) is 6.07 Å². The maximum atomic E-state index is 12.8. The highest BCUT2D eigenvalue weighted by Crippen LogP contribution is 2.40. The monoisotopic (exact) mass is 518 g/mol. The first-order chi connectivity index (χ1) is 17.4. The van der Waals surface area contributed by atoms with E-state index in [1.54, 1.807) is 26.8 Å². The summed E-state index contributed by atoms with van der Waals surface area (Å²) in [7, 11) is 0. The molecule has 37 heavy (non-hydrogen) atoms. The van der Waals surface area contributed by atoms with Crippen LogP contribution in [0.3, 0.4) is 0 Å². The molecular formula is C22H26N6O9. The molecule has 15 heteroatoms. The number of hydrogen-bond acceptors (Lipinski definition) is 11. The predicted octanol–water partition coefficient (Wildman–Crippen LogP) is 0.975. The van der Waals surface area contributed by atoms with Crippen LogP contribution in [0.15, 0.2) is 35.4 Å². The van der Waals surface area contributed by atoms with Crippen LogP contribution in [0.2, 0.25) is 0 Å². The Balaban J connectivity index is 1.62. The number of carbonyl (C=O) groups excluding carboxylic acids is 1. The van der Waals surface area contributed by atoms with E-state index in [-0.39, 0.29) is 28.4 Å². The number of fused-ring (bicyclic) bond motifs is 1. The number of anilines is 1. The standard InChI is InChI=1S/C22H26N6O9/c1-22(2,3)16(10-6-4-5-7-11(10)28(34)35)37-21(33)26-20-24-17-13(18(32)25-20)23-9-27(17)19-15(31)14(30)12(8-29)36-19/h4-7,9,12,14-16,19,29-31H,8H2,1-3H3,(H2,24,25,26,32,33)/t12-,14?,15+,16?,19-/m1/s1. The lowest BCUT2D eigenvalue weighted by atomic mass is 9.84. The molecule has 2 unspecified atom stereocenters. The minimum absolute atomic E-state index is 0.0834. The van der Waals surface area contributed by atoms with Gasteiger partial charge in [-0.25, -0.2) is 9.78 Å². The van der Waals surface area contributed by atoms with E-state index in [0.29, 0.717) is 0 Å². The molecule has 1 amide bonds. The number of amides is 1. The Hall–Kier alpha value is -3.92. The molecule has 3 heterocycles. The number of para-hydroxylation sites is 1. The summed E-state index contributed by atoms with van der Waals surface area (Å²) < 4.78 is 12.2. The average molecular weight is 518 g/mol. The van der Waals surface area contributed by atoms with Crippen molar-refractivity contribution in [1.82, 2.24) is 19.5 Å². The molecule has 3 aromatic rings. The molecule has 198 valence electrons. The molecule has 1 saturated heterocycles. The number of aliphatic hydroxyl groups excluding tert-OH is 3. The number of benzene rings is 1. The van der Waals surface area contributed by atoms with Gasteiger partial charge in [0.1, 0.15) is 24.4 Å². The SMILES string of the molecule is CC(C)(C)C(OC(=O)Nc1nc2c(ncn2[C@@H]2O[C@H](CO)C(O)[C@@H]2O)c(=O)[nH]1)c1ccccc1[N+](=O)[O-]. The van der Waals surface area contributed by atoms with E-state index in [4.69, 9.17) is 9.47 Å². The number of H-pyrrole nitrogens is 1. The summed E-state index contributed by atoms with van der Waals surface area (Å²) >= 11 is 0. The number of ether oxygens (including phenoxy) is 2. The topological polar surface area (TPSA) is 215 Å². The van der Waals surface area contributed by atoms with Crippen molar-refractivity contribution in [2.45, 2.75) is 51.4 Å². The molecule has 0 aliphatic carbocycles. The highest BCUT2D eigenvalue weighted by atomic mass is 16.6. The number of nitro benzene ring substituents is 1. The average Bonchev–Trinajstić information content (AvgIpc) is 3.37. The predicted molar refractivity (Wildman–Crippen MR) is 127 cm³/mol. The number of hydrogen-bond donors (Lipinski definition) is 5. The Labute approximate surface area is 208 Å². The highest BCUT2D eigenvalue weighted by Gasteiger charge is 2.44. The number of imidazole rings is 1. The molecule has 0 radical (unpaired) electrons. The fourth-order valence-electron chi connectivity index (χ4n) is 4.10. The van der Waals surface area contributed by atoms with Crippen LogP contribution in [0.5, 0.6) is 0 Å². The van der Waals surface area contributed by atoms with Gasteiger partial charge in [0.25, 0.3) is 11.2 Å². The second-order valence-electron chi connectivity index (χ2n) is 9.56. The lowest BCUT2D eigenvalue weighted by Crippen LogP contribution is -2.33. The molecule has 5 atom stereocenters. The van der Waals surface area contributed by atoms with E-state index in [1.807, 2.05) is 0 Å². The van der Waals surface area contributed by atoms with Crippen LogP contribution in [0.1, 0.15) is 38.7 Å². The molecule has 1 aromatic carbocycles. The lowest BCUT2D eigenvalue weighted by molar-refractivity contribution is -0.386. The third-order valence-electron chi connectivity index (χ3n) is 5.87. The normalized spacial score (nSPS) is 22.6. The number of carbonyl (C=O) groups is 1. The van der Waals surface area contributed by atoms with Gasteiger partial charge in [0.2, 0.25) is 5.95 Å². The smallest absolute Gasteiger partial charge is 0.414 e. The molecule has 0 spiro atoms. The van der Waals surface area contributed by atoms with Gasteiger partial charge in [-0.2, -0.15) is 4.98 Å². The summed E-state index contributed by atoms with van der Waals surface area (Å²) in [6, 6.07) is 5.89. The number of nitrogens with one attached hydrogen (secondary N) is 2. The Morgan fingerprint density at radius 2 is 2.03 bits per heavy atom. The number of nitro groups is 1. The van der Waals surface area contributed by atoms with Crippen molar-refractivity contribution in [3.8, 4) is 0 Å². The second kappa shape index (κ2) is 9.85. The van der Waals surface area contributed by atoms with Crippen LogP contribution >= 0.6 is 0 Å². The van der Waals surface area contributed by atoms with Crippen LogP contribution in [0.4, 0.5) is 16.4 Å². The number of aromatic amines is 1. The van der Waals surface area contributed by atoms with Crippen molar-refractivity contribution in [2.75, 3.05) is 11.9 Å². The van der Waals surface area contributed by atoms with Gasteiger partial charge in [0.05, 0.1) is 23.4 Å². The van der Waals surface area contributed by atoms with Crippen LogP contribution in [0.25, 0.3) is 11.2 Å². The van der Waals surface area contributed by atoms with Crippen LogP contribution in [-0.4, -0.2) is 70.8 Å². The minimum atomic E-state index is -1.45. The van der Waals surface area contributed by atoms with Gasteiger partial charge in [-0.3, -0.25) is 29.8 Å². The molecule has 4 rings (SSSR count). The van der Waals surface area contributed by atoms with Gasteiger partial charge in [-0.1, -0.05) is 32.9 Å². The number of rotatable bonds is 6. The van der Waals surface area contributed by atoms with Crippen molar-refractivity contribution < 1.29 is 34.5 Å². The van der Waals surface area contributed by atoms with Gasteiger partial charge >= 0.3 is 6.09 Å². The first-order valence-electron chi connectivity index (χ1n) is 11.2. The molecule has 1 fully saturated rings. The number of aromatic nitrogens is 4. The van der Waals surface area contributed by atoms with Crippen molar-refractivity contribution in [2.24, 2.45) is 5.41 Å². The van der Waals surface area contributed by atoms with E-state index >= 15 is 0 Å². The first-order valence-corrected chi connectivity index (χ1v) is 11.2. The summed E-state index contributed by atoms with van der Waals surface area (Å²) in [5.74, 6) is -0.328. The van der Waals surface area contributed by atoms with E-state index < -0.39 is 59.2 Å². The van der Waals surface area contributed by atoms with Gasteiger partial charge in [0, 0.05) is 11.5 Å². The lowest BCUT2D eigenvalue weighted by Gasteiger charge is -2.30. The zero-order chi connectivity index (χ0) is 27.1. The quantitative estimate of drug-likeness (QED) is 0.229. The largest absolute Gasteiger partial charge is 0.440 e. The Morgan fingerprint density at radius 3 is 2.65 bits per heavy atom. The van der Waals surface area contributed by atoms with E-state index in [0.717, 1.165) is 0 Å². The molecule has 0 bridgehead atoms. The second-order valence-corrected chi connectivity index (χ2v) is 9.56. The summed E-state index contributed by atoms with van der Waals surface area (Å²) in [5, 5.41) is 43.6. The minimum Gasteiger partial charge on any atom is -0.440 e. The molecule has 0 saturated carbocycles. The third kappa shape index (κ3) is 5.01. The van der Waals surface area contributed by atoms with Crippen molar-refractivity contribution in [1.29, 1.82) is 0 Å². The number of nitrogens with zero attached hydrogens (tertiary/aromatic N) is 4. The van der Waals surface area contributed by atoms with Crippen LogP contribution < -0.4 is 10.9 Å². The van der Waals surface area contributed by atoms with Gasteiger partial charge < -0.3 is 24.8 Å². The molecule has 15 nitrogen and oxygen atoms in total. The molecule has 1 aliphatic rings. The van der Waals surface area contributed by atoms with Crippen molar-refractivity contribution in [3.05, 3.63) is 56.6 Å². The Morgan fingerprint density at radius 1 is 1.32 bits per heavy atom. The van der Waals surface area contributed by atoms with E-state index in [9.17, 15) is 35.0 Å². The molecule has 5 N–H and O–H groups in total. The van der Waals surface area contributed by atoms with Crippen molar-refractivity contribution >= 4 is 28.9 Å². The first kappa shape index (κ1) is 26.2. The summed E-state index contributed by atoms with van der Waals surface area (Å²) in [6.07, 6.45) is -6.03. The molecule has 2 aromatic heterocycles. The Kier molecular flexibility index (Phi) is 6.96. The summed E-state index contributed by atoms with van der Waals surface area (Å²) in [4.78, 5) is 46.8.